The van der Waals surface area contributed by atoms with E-state index in [1.54, 1.807) is 0 Å². The first kappa shape index (κ1) is 11.6. The average Bonchev–Trinajstić information content (AvgIpc) is 2.16. The maximum absolute atomic E-state index is 10.3. The van der Waals surface area contributed by atoms with Crippen LogP contribution in [-0.2, 0) is 0 Å². The van der Waals surface area contributed by atoms with Gasteiger partial charge < -0.3 is 0 Å². The van der Waals surface area contributed by atoms with Crippen LogP contribution in [0.15, 0.2) is 4.99 Å². The van der Waals surface area contributed by atoms with Gasteiger partial charge in [0.05, 0.1) is 0 Å². The van der Waals surface area contributed by atoms with E-state index in [9.17, 15) is 5.11 Å². The number of fused-ring (bicyclic) bond motifs is 2. The normalized spacial score (nSPS) is 35.1. The van der Waals surface area contributed by atoms with E-state index in [2.05, 4.69) is 11.9 Å². The van der Waals surface area contributed by atoms with Gasteiger partial charge in [0.1, 0.15) is 0 Å². The monoisotopic (exact) mass is 275 g/mol. The third kappa shape index (κ3) is 3.05. The molecule has 1 N–H and O–H groups in total. The Bertz CT molecular complexity index is 254. The molecule has 3 heteroatoms. The topological polar surface area (TPSA) is 32.6 Å². The van der Waals surface area contributed by atoms with Crippen molar-refractivity contribution >= 4 is 19.6 Å². The number of rotatable bonds is 4. The van der Waals surface area contributed by atoms with E-state index in [0.717, 1.165) is 24.1 Å². The summed E-state index contributed by atoms with van der Waals surface area (Å²) in [7, 11) is 0. The fourth-order valence-corrected chi connectivity index (χ4v) is 5.63. The molecule has 1 aliphatic heterocycles. The fourth-order valence-electron chi connectivity index (χ4n) is 2.48. The van der Waals surface area contributed by atoms with Gasteiger partial charge >= 0.3 is 98.5 Å². The minimum absolute atomic E-state index is 0.584. The molecule has 2 aliphatic rings. The van der Waals surface area contributed by atoms with Crippen LogP contribution in [0.5, 0.6) is 0 Å². The van der Waals surface area contributed by atoms with E-state index in [0.29, 0.717) is 15.0 Å². The summed E-state index contributed by atoms with van der Waals surface area (Å²) >= 11 is 0.584. The second-order valence-corrected chi connectivity index (χ2v) is 7.66. The molecule has 1 aliphatic carbocycles. The minimum atomic E-state index is -0.648. The molecule has 15 heavy (non-hydrogen) atoms. The molecular formula is C12H21NOSe. The molecule has 2 rings (SSSR count). The van der Waals surface area contributed by atoms with Crippen molar-refractivity contribution in [3.8, 4) is 0 Å². The van der Waals surface area contributed by atoms with Gasteiger partial charge in [0, 0.05) is 0 Å². The van der Waals surface area contributed by atoms with E-state index in [1.165, 1.54) is 36.7 Å². The molecule has 0 unspecified atom stereocenters. The first-order valence-corrected chi connectivity index (χ1v) is 8.04. The van der Waals surface area contributed by atoms with Gasteiger partial charge in [-0.1, -0.05) is 0 Å². The van der Waals surface area contributed by atoms with Crippen LogP contribution >= 0.6 is 0 Å². The Hall–Kier alpha value is 0.149. The van der Waals surface area contributed by atoms with Gasteiger partial charge in [0.2, 0.25) is 0 Å². The third-order valence-electron chi connectivity index (χ3n) is 3.29. The van der Waals surface area contributed by atoms with Crippen molar-refractivity contribution in [1.82, 2.24) is 0 Å². The van der Waals surface area contributed by atoms with Crippen LogP contribution in [0.4, 0.5) is 0 Å². The SMILES string of the molecule is CCCCCC1=N[C@@]2(O)CCC[C@H](C2)[Se]1. The summed E-state index contributed by atoms with van der Waals surface area (Å²) in [5.41, 5.74) is -0.648. The van der Waals surface area contributed by atoms with Gasteiger partial charge in [-0.05, 0) is 0 Å². The molecule has 0 radical (unpaired) electrons. The van der Waals surface area contributed by atoms with Crippen molar-refractivity contribution in [1.29, 1.82) is 0 Å². The molecule has 0 aromatic rings. The molecule has 1 fully saturated rings. The Morgan fingerprint density at radius 2 is 2.40 bits per heavy atom. The van der Waals surface area contributed by atoms with Crippen LogP contribution in [0, 0.1) is 0 Å². The summed E-state index contributed by atoms with van der Waals surface area (Å²) in [5, 5.41) is 10.3. The molecule has 0 aromatic heterocycles. The quantitative estimate of drug-likeness (QED) is 0.620. The maximum atomic E-state index is 10.3. The first-order chi connectivity index (χ1) is 7.22. The molecule has 0 aromatic carbocycles. The molecule has 0 spiro atoms. The van der Waals surface area contributed by atoms with Crippen LogP contribution in [0.3, 0.4) is 0 Å². The van der Waals surface area contributed by atoms with Gasteiger partial charge in [-0.15, -0.1) is 0 Å². The van der Waals surface area contributed by atoms with Crippen LogP contribution < -0.4 is 0 Å². The van der Waals surface area contributed by atoms with Crippen LogP contribution in [0.1, 0.15) is 58.3 Å². The number of aliphatic imine (C=N–C) groups is 1. The number of hydrogen-bond donors (Lipinski definition) is 1. The number of unbranched alkanes of at least 4 members (excludes halogenated alkanes) is 2. The molecule has 2 nitrogen and oxygen atoms in total. The number of aliphatic hydroxyl groups is 1. The molecule has 0 saturated heterocycles. The summed E-state index contributed by atoms with van der Waals surface area (Å²) in [6, 6.07) is 0. The second kappa shape index (κ2) is 4.99. The van der Waals surface area contributed by atoms with E-state index < -0.39 is 5.72 Å². The molecule has 0 amide bonds. The van der Waals surface area contributed by atoms with E-state index in [1.807, 2.05) is 0 Å². The van der Waals surface area contributed by atoms with Gasteiger partial charge in [0.25, 0.3) is 0 Å². The van der Waals surface area contributed by atoms with Gasteiger partial charge in [0.15, 0.2) is 0 Å². The molecule has 2 bridgehead atoms. The zero-order valence-corrected chi connectivity index (χ0v) is 11.2. The Labute approximate surface area is 98.7 Å². The van der Waals surface area contributed by atoms with Crippen molar-refractivity contribution in [3.05, 3.63) is 0 Å². The van der Waals surface area contributed by atoms with Gasteiger partial charge in [-0.25, -0.2) is 0 Å². The summed E-state index contributed by atoms with van der Waals surface area (Å²) in [6.45, 7) is 2.23. The van der Waals surface area contributed by atoms with Gasteiger partial charge in [-0.2, -0.15) is 0 Å². The Kier molecular flexibility index (Phi) is 3.87. The van der Waals surface area contributed by atoms with Crippen LogP contribution in [0.2, 0.25) is 4.82 Å². The predicted octanol–water partition coefficient (Wildman–Crippen LogP) is 2.73. The van der Waals surface area contributed by atoms with E-state index in [4.69, 9.17) is 0 Å². The van der Waals surface area contributed by atoms with Crippen LogP contribution in [-0.4, -0.2) is 30.4 Å². The molecule has 1 heterocycles. The zero-order valence-electron chi connectivity index (χ0n) is 9.54. The standard InChI is InChI=1S/C12H21NOSe/c1-2-3-4-7-11-13-12(14)8-5-6-10(9-12)15-11/h10,14H,2-9H2,1H3/t10-,12-/m1/s1. The molecule has 86 valence electrons. The van der Waals surface area contributed by atoms with Crippen molar-refractivity contribution in [2.24, 2.45) is 4.99 Å². The summed E-state index contributed by atoms with van der Waals surface area (Å²) in [5.74, 6) is 0. The molecule has 2 atom stereocenters. The summed E-state index contributed by atoms with van der Waals surface area (Å²) < 4.78 is 1.36. The van der Waals surface area contributed by atoms with Crippen LogP contribution in [0.25, 0.3) is 0 Å². The van der Waals surface area contributed by atoms with Crippen molar-refractivity contribution in [2.75, 3.05) is 0 Å². The van der Waals surface area contributed by atoms with Crippen molar-refractivity contribution < 1.29 is 5.11 Å². The Balaban J connectivity index is 1.94. The van der Waals surface area contributed by atoms with E-state index >= 15 is 0 Å². The Morgan fingerprint density at radius 3 is 3.13 bits per heavy atom. The Morgan fingerprint density at radius 1 is 1.53 bits per heavy atom. The zero-order chi connectivity index (χ0) is 10.7. The summed E-state index contributed by atoms with van der Waals surface area (Å²) in [4.78, 5) is 5.39. The fraction of sp³-hybridized carbons (Fsp3) is 0.917. The van der Waals surface area contributed by atoms with Crippen molar-refractivity contribution in [2.45, 2.75) is 68.8 Å². The summed E-state index contributed by atoms with van der Waals surface area (Å²) in [6.07, 6.45) is 9.34. The van der Waals surface area contributed by atoms with Crippen molar-refractivity contribution in [3.63, 3.8) is 0 Å². The number of hydrogen-bond acceptors (Lipinski definition) is 2. The average molecular weight is 274 g/mol. The predicted molar refractivity (Wildman–Crippen MR) is 64.5 cm³/mol. The van der Waals surface area contributed by atoms with Gasteiger partial charge in [-0.3, -0.25) is 0 Å². The second-order valence-electron chi connectivity index (χ2n) is 4.78. The van der Waals surface area contributed by atoms with E-state index in [-0.39, 0.29) is 0 Å². The first-order valence-electron chi connectivity index (χ1n) is 6.19. The third-order valence-corrected chi connectivity index (χ3v) is 6.02. The number of nitrogens with zero attached hydrogens (tertiary/aromatic N) is 1. The molecule has 1 saturated carbocycles. The molecular weight excluding hydrogens is 253 g/mol.